The van der Waals surface area contributed by atoms with Gasteiger partial charge in [0.1, 0.15) is 5.78 Å². The molecule has 0 radical (unpaired) electrons. The first-order valence-corrected chi connectivity index (χ1v) is 5.04. The Bertz CT molecular complexity index is 383. The van der Waals surface area contributed by atoms with Crippen LogP contribution in [0.3, 0.4) is 0 Å². The molecule has 0 aliphatic rings. The quantitative estimate of drug-likeness (QED) is 0.690. The molecule has 0 saturated heterocycles. The molecule has 0 amide bonds. The number of carbonyl (C=O) groups is 1. The van der Waals surface area contributed by atoms with Gasteiger partial charge in [0.05, 0.1) is 14.2 Å². The predicted molar refractivity (Wildman–Crippen MR) is 63.1 cm³/mol. The summed E-state index contributed by atoms with van der Waals surface area (Å²) in [6.07, 6.45) is 2.41. The Labute approximate surface area is 95.7 Å². The van der Waals surface area contributed by atoms with Crippen molar-refractivity contribution < 1.29 is 14.3 Å². The van der Waals surface area contributed by atoms with Crippen LogP contribution in [0.4, 0.5) is 0 Å². The standard InChI is InChI=1S/C13H16O3/c1-4-5-11(14)8-10-6-7-12(15-2)13(9-10)16-3/h4,6-7,9H,1,5,8H2,2-3H3. The van der Waals surface area contributed by atoms with E-state index < -0.39 is 0 Å². The van der Waals surface area contributed by atoms with Crippen molar-refractivity contribution in [1.29, 1.82) is 0 Å². The van der Waals surface area contributed by atoms with E-state index in [2.05, 4.69) is 6.58 Å². The normalized spacial score (nSPS) is 9.62. The molecule has 86 valence electrons. The lowest BCUT2D eigenvalue weighted by molar-refractivity contribution is -0.117. The largest absolute Gasteiger partial charge is 0.493 e. The third-order valence-corrected chi connectivity index (χ3v) is 2.22. The molecule has 0 bridgehead atoms. The minimum absolute atomic E-state index is 0.141. The van der Waals surface area contributed by atoms with Gasteiger partial charge in [-0.3, -0.25) is 4.79 Å². The van der Waals surface area contributed by atoms with E-state index >= 15 is 0 Å². The van der Waals surface area contributed by atoms with Gasteiger partial charge in [-0.05, 0) is 17.7 Å². The maximum absolute atomic E-state index is 11.4. The van der Waals surface area contributed by atoms with Crippen LogP contribution in [0.15, 0.2) is 30.9 Å². The first-order valence-electron chi connectivity index (χ1n) is 5.04. The monoisotopic (exact) mass is 220 g/mol. The molecule has 0 aromatic heterocycles. The van der Waals surface area contributed by atoms with Crippen LogP contribution in [0.5, 0.6) is 11.5 Å². The van der Waals surface area contributed by atoms with Gasteiger partial charge >= 0.3 is 0 Å². The van der Waals surface area contributed by atoms with Crippen molar-refractivity contribution in [2.45, 2.75) is 12.8 Å². The Kier molecular flexibility index (Phi) is 4.58. The maximum atomic E-state index is 11.4. The minimum atomic E-state index is 0.141. The zero-order valence-electron chi connectivity index (χ0n) is 9.66. The molecule has 0 fully saturated rings. The van der Waals surface area contributed by atoms with E-state index in [1.165, 1.54) is 0 Å². The Hall–Kier alpha value is -1.77. The number of carbonyl (C=O) groups excluding carboxylic acids is 1. The number of methoxy groups -OCH3 is 2. The molecule has 3 heteroatoms. The van der Waals surface area contributed by atoms with Crippen molar-refractivity contribution in [2.24, 2.45) is 0 Å². The van der Waals surface area contributed by atoms with Gasteiger partial charge in [-0.15, -0.1) is 6.58 Å². The molecule has 0 heterocycles. The van der Waals surface area contributed by atoms with Crippen molar-refractivity contribution in [3.05, 3.63) is 36.4 Å². The van der Waals surface area contributed by atoms with E-state index in [-0.39, 0.29) is 5.78 Å². The van der Waals surface area contributed by atoms with Gasteiger partial charge in [-0.1, -0.05) is 12.1 Å². The average Bonchev–Trinajstić information content (AvgIpc) is 2.29. The second kappa shape index (κ2) is 5.95. The highest BCUT2D eigenvalue weighted by atomic mass is 16.5. The number of ether oxygens (including phenoxy) is 2. The predicted octanol–water partition coefficient (Wildman–Crippen LogP) is 2.39. The highest BCUT2D eigenvalue weighted by Crippen LogP contribution is 2.27. The lowest BCUT2D eigenvalue weighted by atomic mass is 10.1. The molecule has 0 aliphatic heterocycles. The number of hydrogen-bond donors (Lipinski definition) is 0. The topological polar surface area (TPSA) is 35.5 Å². The zero-order valence-corrected chi connectivity index (χ0v) is 9.66. The molecule has 0 N–H and O–H groups in total. The summed E-state index contributed by atoms with van der Waals surface area (Å²) in [6, 6.07) is 5.48. The van der Waals surface area contributed by atoms with Gasteiger partial charge < -0.3 is 9.47 Å². The summed E-state index contributed by atoms with van der Waals surface area (Å²) in [7, 11) is 3.16. The van der Waals surface area contributed by atoms with Crippen LogP contribution in [0.1, 0.15) is 12.0 Å². The van der Waals surface area contributed by atoms with Crippen LogP contribution >= 0.6 is 0 Å². The van der Waals surface area contributed by atoms with E-state index in [1.54, 1.807) is 26.4 Å². The maximum Gasteiger partial charge on any atom is 0.161 e. The summed E-state index contributed by atoms with van der Waals surface area (Å²) in [5, 5.41) is 0. The number of benzene rings is 1. The van der Waals surface area contributed by atoms with Gasteiger partial charge in [0.25, 0.3) is 0 Å². The number of Topliss-reactive ketones (excluding diaryl/α,β-unsaturated/α-hetero) is 1. The van der Waals surface area contributed by atoms with Crippen LogP contribution in [-0.4, -0.2) is 20.0 Å². The minimum Gasteiger partial charge on any atom is -0.493 e. The van der Waals surface area contributed by atoms with Crippen molar-refractivity contribution in [2.75, 3.05) is 14.2 Å². The molecule has 1 aromatic carbocycles. The molecule has 0 unspecified atom stereocenters. The lowest BCUT2D eigenvalue weighted by Gasteiger charge is -2.08. The molecule has 0 atom stereocenters. The molecule has 0 aliphatic carbocycles. The Balaban J connectivity index is 2.82. The highest BCUT2D eigenvalue weighted by molar-refractivity contribution is 5.82. The third kappa shape index (κ3) is 3.12. The van der Waals surface area contributed by atoms with Gasteiger partial charge in [0.2, 0.25) is 0 Å². The summed E-state index contributed by atoms with van der Waals surface area (Å²) in [5.41, 5.74) is 0.921. The van der Waals surface area contributed by atoms with E-state index in [0.717, 1.165) is 5.56 Å². The fourth-order valence-corrected chi connectivity index (χ4v) is 1.45. The van der Waals surface area contributed by atoms with Crippen molar-refractivity contribution in [1.82, 2.24) is 0 Å². The Morgan fingerprint density at radius 3 is 2.56 bits per heavy atom. The zero-order chi connectivity index (χ0) is 12.0. The summed E-state index contributed by atoms with van der Waals surface area (Å²) in [4.78, 5) is 11.4. The van der Waals surface area contributed by atoms with E-state index in [4.69, 9.17) is 9.47 Å². The lowest BCUT2D eigenvalue weighted by Crippen LogP contribution is -2.01. The smallest absolute Gasteiger partial charge is 0.161 e. The summed E-state index contributed by atoms with van der Waals surface area (Å²) >= 11 is 0. The van der Waals surface area contributed by atoms with Crippen LogP contribution < -0.4 is 9.47 Å². The van der Waals surface area contributed by atoms with Crippen LogP contribution in [-0.2, 0) is 11.2 Å². The van der Waals surface area contributed by atoms with Crippen molar-refractivity contribution in [3.63, 3.8) is 0 Å². The fraction of sp³-hybridized carbons (Fsp3) is 0.308. The molecule has 1 aromatic rings. The van der Waals surface area contributed by atoms with Crippen LogP contribution in [0.2, 0.25) is 0 Å². The number of ketones is 1. The molecular weight excluding hydrogens is 204 g/mol. The van der Waals surface area contributed by atoms with Crippen LogP contribution in [0, 0.1) is 0 Å². The Morgan fingerprint density at radius 2 is 2.00 bits per heavy atom. The first-order chi connectivity index (χ1) is 7.71. The fourth-order valence-electron chi connectivity index (χ4n) is 1.45. The van der Waals surface area contributed by atoms with Gasteiger partial charge in [-0.2, -0.15) is 0 Å². The number of allylic oxidation sites excluding steroid dienone is 1. The van der Waals surface area contributed by atoms with Gasteiger partial charge in [0, 0.05) is 12.8 Å². The van der Waals surface area contributed by atoms with Crippen LogP contribution in [0.25, 0.3) is 0 Å². The number of rotatable bonds is 6. The second-order valence-corrected chi connectivity index (χ2v) is 3.40. The third-order valence-electron chi connectivity index (χ3n) is 2.22. The van der Waals surface area contributed by atoms with E-state index in [9.17, 15) is 4.79 Å². The second-order valence-electron chi connectivity index (χ2n) is 3.40. The average molecular weight is 220 g/mol. The molecule has 3 nitrogen and oxygen atoms in total. The summed E-state index contributed by atoms with van der Waals surface area (Å²) < 4.78 is 10.3. The SMILES string of the molecule is C=CCC(=O)Cc1ccc(OC)c(OC)c1. The van der Waals surface area contributed by atoms with Gasteiger partial charge in [0.15, 0.2) is 11.5 Å². The first kappa shape index (κ1) is 12.3. The van der Waals surface area contributed by atoms with Gasteiger partial charge in [-0.25, -0.2) is 0 Å². The molecule has 1 rings (SSSR count). The Morgan fingerprint density at radius 1 is 1.31 bits per heavy atom. The van der Waals surface area contributed by atoms with E-state index in [1.807, 2.05) is 12.1 Å². The molecular formula is C13H16O3. The summed E-state index contributed by atoms with van der Waals surface area (Å²) in [6.45, 7) is 3.54. The van der Waals surface area contributed by atoms with Crippen molar-refractivity contribution in [3.8, 4) is 11.5 Å². The molecule has 16 heavy (non-hydrogen) atoms. The molecule has 0 saturated carbocycles. The van der Waals surface area contributed by atoms with E-state index in [0.29, 0.717) is 24.3 Å². The summed E-state index contributed by atoms with van der Waals surface area (Å²) in [5.74, 6) is 1.45. The number of hydrogen-bond acceptors (Lipinski definition) is 3. The van der Waals surface area contributed by atoms with Crippen molar-refractivity contribution >= 4 is 5.78 Å². The highest BCUT2D eigenvalue weighted by Gasteiger charge is 2.07. The molecule has 0 spiro atoms.